The summed E-state index contributed by atoms with van der Waals surface area (Å²) in [5.74, 6) is -1.63. The number of aromatic amines is 1. The molecule has 8 nitrogen and oxygen atoms in total. The molecule has 0 radical (unpaired) electrons. The van der Waals surface area contributed by atoms with E-state index in [0.29, 0.717) is 0 Å². The van der Waals surface area contributed by atoms with Crippen molar-refractivity contribution < 1.29 is 22.2 Å². The maximum absolute atomic E-state index is 10.2. The fraction of sp³-hybridized carbons (Fsp3) is 0.200. The van der Waals surface area contributed by atoms with Gasteiger partial charge in [0, 0.05) is 6.20 Å². The van der Waals surface area contributed by atoms with E-state index in [1.807, 2.05) is 0 Å². The van der Waals surface area contributed by atoms with E-state index in [9.17, 15) is 13.8 Å². The zero-order chi connectivity index (χ0) is 10.4. The van der Waals surface area contributed by atoms with E-state index in [-0.39, 0.29) is 0 Å². The molecule has 0 atom stereocenters. The lowest BCUT2D eigenvalue weighted by atomic mass is 10.5. The summed E-state index contributed by atoms with van der Waals surface area (Å²) >= 11 is -2.20. The Morgan fingerprint density at radius 2 is 2.00 bits per heavy atom. The van der Waals surface area contributed by atoms with Gasteiger partial charge in [-0.05, 0) is 0 Å². The average molecular weight is 219 g/mol. The summed E-state index contributed by atoms with van der Waals surface area (Å²) in [6.07, 6.45) is 2.78. The number of nitrogens with one attached hydrogen (secondary N) is 1. The highest BCUT2D eigenvalue weighted by Crippen LogP contribution is 2.03. The molecule has 0 aliphatic carbocycles. The van der Waals surface area contributed by atoms with E-state index >= 15 is 0 Å². The van der Waals surface area contributed by atoms with Crippen LogP contribution < -0.4 is 0 Å². The van der Waals surface area contributed by atoms with Crippen LogP contribution in [0.5, 0.6) is 0 Å². The predicted molar refractivity (Wildman–Crippen MR) is 41.3 cm³/mol. The molecule has 1 aliphatic rings. The number of carbonyl (C=O) groups is 2. The van der Waals surface area contributed by atoms with E-state index < -0.39 is 29.7 Å². The Morgan fingerprint density at radius 1 is 1.36 bits per heavy atom. The van der Waals surface area contributed by atoms with Gasteiger partial charge in [0.15, 0.2) is 0 Å². The van der Waals surface area contributed by atoms with Crippen molar-refractivity contribution in [1.29, 1.82) is 0 Å². The normalized spacial score (nSPS) is 16.3. The van der Waals surface area contributed by atoms with Gasteiger partial charge < -0.3 is 8.37 Å². The topological polar surface area (TPSA) is 111 Å². The van der Waals surface area contributed by atoms with E-state index in [2.05, 4.69) is 23.8 Å². The molecule has 0 spiro atoms. The van der Waals surface area contributed by atoms with Crippen molar-refractivity contribution in [2.75, 3.05) is 0 Å². The van der Waals surface area contributed by atoms with Crippen molar-refractivity contribution in [3.05, 3.63) is 12.4 Å². The number of aromatic nitrogens is 3. The monoisotopic (exact) mass is 219 g/mol. The Labute approximate surface area is 80.5 Å². The van der Waals surface area contributed by atoms with Crippen molar-refractivity contribution >= 4 is 23.3 Å². The van der Waals surface area contributed by atoms with Gasteiger partial charge in [-0.3, -0.25) is 14.7 Å². The Balaban J connectivity index is 0.000000165. The second kappa shape index (κ2) is 5.07. The Morgan fingerprint density at radius 3 is 2.29 bits per heavy atom. The maximum Gasteiger partial charge on any atom is 0.422 e. The fourth-order valence-electron chi connectivity index (χ4n) is 0.512. The second-order valence-electron chi connectivity index (χ2n) is 1.95. The molecule has 14 heavy (non-hydrogen) atoms. The quantitative estimate of drug-likeness (QED) is 0.549. The summed E-state index contributed by atoms with van der Waals surface area (Å²) in [4.78, 5) is 20.3. The summed E-state index contributed by atoms with van der Waals surface area (Å²) < 4.78 is 18.0. The molecule has 2 heterocycles. The minimum Gasteiger partial charge on any atom is -0.334 e. The molecule has 76 valence electrons. The van der Waals surface area contributed by atoms with Crippen molar-refractivity contribution in [2.45, 2.75) is 6.42 Å². The number of rotatable bonds is 0. The van der Waals surface area contributed by atoms with Crippen molar-refractivity contribution in [2.24, 2.45) is 0 Å². The van der Waals surface area contributed by atoms with E-state index in [4.69, 9.17) is 0 Å². The highest BCUT2D eigenvalue weighted by Gasteiger charge is 2.24. The minimum absolute atomic E-state index is 0.453. The molecule has 2 rings (SSSR count). The first kappa shape index (κ1) is 10.3. The number of hydrogen-bond acceptors (Lipinski definition) is 7. The van der Waals surface area contributed by atoms with Crippen LogP contribution in [-0.4, -0.2) is 31.6 Å². The van der Waals surface area contributed by atoms with Crippen LogP contribution in [-0.2, 0) is 29.3 Å². The molecule has 1 N–H and O–H groups in total. The van der Waals surface area contributed by atoms with Gasteiger partial charge in [0.1, 0.15) is 6.42 Å². The third-order valence-electron chi connectivity index (χ3n) is 0.942. The smallest absolute Gasteiger partial charge is 0.334 e. The Kier molecular flexibility index (Phi) is 3.73. The third-order valence-corrected chi connectivity index (χ3v) is 1.59. The number of carbonyl (C=O) groups excluding carboxylic acids is 2. The van der Waals surface area contributed by atoms with Crippen LogP contribution in [0.25, 0.3) is 0 Å². The van der Waals surface area contributed by atoms with Crippen LogP contribution in [0.1, 0.15) is 6.42 Å². The van der Waals surface area contributed by atoms with Crippen LogP contribution in [0.4, 0.5) is 0 Å². The van der Waals surface area contributed by atoms with Gasteiger partial charge in [-0.25, -0.2) is 0 Å². The van der Waals surface area contributed by atoms with E-state index in [0.717, 1.165) is 0 Å². The van der Waals surface area contributed by atoms with Crippen molar-refractivity contribution in [3.8, 4) is 0 Å². The molecular weight excluding hydrogens is 214 g/mol. The van der Waals surface area contributed by atoms with E-state index in [1.54, 1.807) is 12.4 Å². The molecule has 1 fully saturated rings. The first-order chi connectivity index (χ1) is 6.68. The van der Waals surface area contributed by atoms with Gasteiger partial charge in [0.2, 0.25) is 0 Å². The predicted octanol–water partition coefficient (Wildman–Crippen LogP) is -1.14. The first-order valence-electron chi connectivity index (χ1n) is 3.33. The van der Waals surface area contributed by atoms with Crippen molar-refractivity contribution in [1.82, 2.24) is 15.4 Å². The summed E-state index contributed by atoms with van der Waals surface area (Å²) in [5, 5.41) is 9.26. The summed E-state index contributed by atoms with van der Waals surface area (Å²) in [6.45, 7) is 0. The Hall–Kier alpha value is -1.77. The van der Waals surface area contributed by atoms with Gasteiger partial charge in [-0.1, -0.05) is 5.21 Å². The molecule has 0 unspecified atom stereocenters. The van der Waals surface area contributed by atoms with Crippen LogP contribution in [0, 0.1) is 0 Å². The molecule has 9 heteroatoms. The lowest BCUT2D eigenvalue weighted by molar-refractivity contribution is -0.148. The lowest BCUT2D eigenvalue weighted by Crippen LogP contribution is -2.23. The highest BCUT2D eigenvalue weighted by atomic mass is 32.2. The maximum atomic E-state index is 10.2. The van der Waals surface area contributed by atoms with Crippen LogP contribution in [0.15, 0.2) is 12.4 Å². The summed E-state index contributed by atoms with van der Waals surface area (Å²) in [7, 11) is 0. The molecule has 1 saturated heterocycles. The molecule has 1 aliphatic heterocycles. The molecule has 0 aromatic carbocycles. The molecule has 1 aromatic heterocycles. The molecule has 0 bridgehead atoms. The first-order valence-corrected chi connectivity index (χ1v) is 4.33. The van der Waals surface area contributed by atoms with Gasteiger partial charge in [-0.15, -0.1) is 5.10 Å². The van der Waals surface area contributed by atoms with Crippen molar-refractivity contribution in [3.63, 3.8) is 0 Å². The number of hydrogen-bond donors (Lipinski definition) is 1. The number of H-pyrrole nitrogens is 1. The Bertz CT molecular complexity index is 275. The lowest BCUT2D eigenvalue weighted by Gasteiger charge is -2.06. The standard InChI is InChI=1S/C3H2O5S.C2H3N3/c4-2-1-3(5)8-9(6)7-2;1-2-4-5-3-1/h1H2;1-2H,(H,3,4,5). The van der Waals surface area contributed by atoms with Gasteiger partial charge >= 0.3 is 23.3 Å². The molecular formula is C5H5N3O5S. The van der Waals surface area contributed by atoms with Gasteiger partial charge in [0.25, 0.3) is 0 Å². The zero-order valence-corrected chi connectivity index (χ0v) is 7.52. The second-order valence-corrected chi connectivity index (χ2v) is 2.69. The molecule has 1 aromatic rings. The van der Waals surface area contributed by atoms with Gasteiger partial charge in [0.05, 0.1) is 6.20 Å². The molecule has 0 saturated carbocycles. The van der Waals surface area contributed by atoms with Crippen LogP contribution in [0.3, 0.4) is 0 Å². The van der Waals surface area contributed by atoms with Crippen LogP contribution in [0.2, 0.25) is 0 Å². The largest absolute Gasteiger partial charge is 0.422 e. The summed E-state index contributed by atoms with van der Waals surface area (Å²) in [6, 6.07) is 0. The molecule has 0 amide bonds. The fourth-order valence-corrected chi connectivity index (χ4v) is 0.968. The van der Waals surface area contributed by atoms with E-state index in [1.165, 1.54) is 0 Å². The minimum atomic E-state index is -2.20. The highest BCUT2D eigenvalue weighted by molar-refractivity contribution is 7.76. The number of nitrogens with zero attached hydrogens (tertiary/aromatic N) is 2. The average Bonchev–Trinajstić information content (AvgIpc) is 2.56. The van der Waals surface area contributed by atoms with Gasteiger partial charge in [-0.2, -0.15) is 4.21 Å². The summed E-state index contributed by atoms with van der Waals surface area (Å²) in [5.41, 5.74) is 0. The SMILES string of the molecule is O=C1CC(=O)OS(=O)O1.c1c[nH]nn1. The zero-order valence-electron chi connectivity index (χ0n) is 6.71. The van der Waals surface area contributed by atoms with Crippen LogP contribution >= 0.6 is 0 Å². The third kappa shape index (κ3) is 3.76.